The molecule has 0 saturated carbocycles. The highest BCUT2D eigenvalue weighted by Gasteiger charge is 2.28. The lowest BCUT2D eigenvalue weighted by Crippen LogP contribution is -2.36. The minimum atomic E-state index is -4.41. The normalized spacial score (nSPS) is 11.6. The third-order valence-corrected chi connectivity index (χ3v) is 4.54. The minimum absolute atomic E-state index is 0. The van der Waals surface area contributed by atoms with Crippen LogP contribution in [-0.4, -0.2) is 40.6 Å². The number of nitrogens with zero attached hydrogens (tertiary/aromatic N) is 4. The second-order valence-corrected chi connectivity index (χ2v) is 7.15. The molecule has 3 aromatic rings. The molecule has 0 aliphatic heterocycles. The van der Waals surface area contributed by atoms with Crippen molar-refractivity contribution in [2.75, 3.05) is 13.7 Å². The molecule has 178 valence electrons. The van der Waals surface area contributed by atoms with E-state index in [4.69, 9.17) is 4.74 Å². The van der Waals surface area contributed by atoms with E-state index < -0.39 is 12.8 Å². The summed E-state index contributed by atoms with van der Waals surface area (Å²) < 4.78 is 43.6. The van der Waals surface area contributed by atoms with Crippen molar-refractivity contribution < 1.29 is 17.9 Å². The van der Waals surface area contributed by atoms with Gasteiger partial charge in [-0.25, -0.2) is 9.67 Å². The van der Waals surface area contributed by atoms with Crippen LogP contribution in [0.4, 0.5) is 13.2 Å². The van der Waals surface area contributed by atoms with Gasteiger partial charge in [-0.3, -0.25) is 4.99 Å². The lowest BCUT2D eigenvalue weighted by atomic mass is 10.1. The van der Waals surface area contributed by atoms with Crippen LogP contribution in [0.2, 0.25) is 0 Å². The van der Waals surface area contributed by atoms with Gasteiger partial charge in [-0.2, -0.15) is 18.3 Å². The number of halogens is 4. The lowest BCUT2D eigenvalue weighted by Gasteiger charge is -2.15. The summed E-state index contributed by atoms with van der Waals surface area (Å²) >= 11 is 0. The van der Waals surface area contributed by atoms with Crippen LogP contribution in [0.1, 0.15) is 22.5 Å². The predicted molar refractivity (Wildman–Crippen MR) is 131 cm³/mol. The Morgan fingerprint density at radius 1 is 1.09 bits per heavy atom. The van der Waals surface area contributed by atoms with Gasteiger partial charge in [0, 0.05) is 38.1 Å². The molecular weight excluding hydrogens is 548 g/mol. The monoisotopic (exact) mass is 574 g/mol. The van der Waals surface area contributed by atoms with Crippen LogP contribution in [0, 0.1) is 13.8 Å². The van der Waals surface area contributed by atoms with Gasteiger partial charge in [0.1, 0.15) is 0 Å². The first kappa shape index (κ1) is 26.4. The van der Waals surface area contributed by atoms with Gasteiger partial charge in [-0.05, 0) is 43.2 Å². The number of guanidine groups is 1. The van der Waals surface area contributed by atoms with Crippen molar-refractivity contribution >= 4 is 29.9 Å². The number of benzene rings is 1. The Bertz CT molecular complexity index is 1080. The van der Waals surface area contributed by atoms with Crippen molar-refractivity contribution in [3.05, 3.63) is 71.2 Å². The van der Waals surface area contributed by atoms with E-state index in [1.807, 2.05) is 48.9 Å². The van der Waals surface area contributed by atoms with E-state index >= 15 is 0 Å². The minimum Gasteiger partial charge on any atom is -0.468 e. The number of aliphatic imine (C=N–C) groups is 1. The van der Waals surface area contributed by atoms with Crippen LogP contribution in [-0.2, 0) is 13.1 Å². The highest BCUT2D eigenvalue weighted by Crippen LogP contribution is 2.18. The molecular formula is C22H26F3IN6O. The summed E-state index contributed by atoms with van der Waals surface area (Å²) in [5.74, 6) is 0.464. The van der Waals surface area contributed by atoms with E-state index in [1.54, 1.807) is 13.1 Å². The first-order chi connectivity index (χ1) is 15.2. The van der Waals surface area contributed by atoms with Gasteiger partial charge < -0.3 is 15.4 Å². The zero-order valence-electron chi connectivity index (χ0n) is 18.5. The Hall–Kier alpha value is -2.83. The van der Waals surface area contributed by atoms with Crippen LogP contribution < -0.4 is 15.4 Å². The predicted octanol–water partition coefficient (Wildman–Crippen LogP) is 4.31. The quantitative estimate of drug-likeness (QED) is 0.250. The summed E-state index contributed by atoms with van der Waals surface area (Å²) in [5, 5.41) is 11.0. The van der Waals surface area contributed by atoms with Gasteiger partial charge in [-0.15, -0.1) is 24.0 Å². The maximum Gasteiger partial charge on any atom is 0.422 e. The smallest absolute Gasteiger partial charge is 0.422 e. The molecule has 0 radical (unpaired) electrons. The van der Waals surface area contributed by atoms with Gasteiger partial charge in [-0.1, -0.05) is 18.2 Å². The number of pyridine rings is 1. The van der Waals surface area contributed by atoms with Crippen LogP contribution >= 0.6 is 24.0 Å². The zero-order valence-corrected chi connectivity index (χ0v) is 20.8. The standard InChI is InChI=1S/C22H25F3N6O.HI/c1-15-10-16(2)31(30-15)19-7-5-4-6-18(19)13-29-21(26-3)28-12-17-8-9-27-20(11-17)32-14-22(23,24)25;/h4-11H,12-14H2,1-3H3,(H2,26,28,29);1H. The topological polar surface area (TPSA) is 76.4 Å². The number of hydrogen-bond donors (Lipinski definition) is 2. The van der Waals surface area contributed by atoms with E-state index in [0.717, 1.165) is 22.6 Å². The molecule has 0 saturated heterocycles. The van der Waals surface area contributed by atoms with Crippen molar-refractivity contribution in [1.29, 1.82) is 0 Å². The van der Waals surface area contributed by atoms with E-state index in [0.29, 0.717) is 24.6 Å². The molecule has 2 N–H and O–H groups in total. The molecule has 33 heavy (non-hydrogen) atoms. The second-order valence-electron chi connectivity index (χ2n) is 7.15. The Balaban J connectivity index is 0.00000385. The van der Waals surface area contributed by atoms with Crippen molar-refractivity contribution in [3.8, 4) is 11.6 Å². The Morgan fingerprint density at radius 3 is 2.48 bits per heavy atom. The molecule has 7 nitrogen and oxygen atoms in total. The molecule has 0 aliphatic carbocycles. The van der Waals surface area contributed by atoms with Gasteiger partial charge in [0.2, 0.25) is 5.88 Å². The number of nitrogens with one attached hydrogen (secondary N) is 2. The second kappa shape index (κ2) is 11.9. The van der Waals surface area contributed by atoms with Crippen LogP contribution in [0.5, 0.6) is 5.88 Å². The van der Waals surface area contributed by atoms with Crippen LogP contribution in [0.15, 0.2) is 53.7 Å². The summed E-state index contributed by atoms with van der Waals surface area (Å²) in [6, 6.07) is 13.1. The van der Waals surface area contributed by atoms with E-state index in [2.05, 4.69) is 25.7 Å². The zero-order chi connectivity index (χ0) is 23.1. The fourth-order valence-corrected chi connectivity index (χ4v) is 3.12. The number of rotatable bonds is 7. The average molecular weight is 574 g/mol. The summed E-state index contributed by atoms with van der Waals surface area (Å²) in [6.45, 7) is 3.42. The molecule has 1 aromatic carbocycles. The summed E-state index contributed by atoms with van der Waals surface area (Å²) in [4.78, 5) is 8.02. The van der Waals surface area contributed by atoms with Crippen molar-refractivity contribution in [3.63, 3.8) is 0 Å². The molecule has 0 fully saturated rings. The maximum atomic E-state index is 12.3. The first-order valence-corrected chi connectivity index (χ1v) is 9.96. The Kier molecular flexibility index (Phi) is 9.50. The highest BCUT2D eigenvalue weighted by atomic mass is 127. The summed E-state index contributed by atoms with van der Waals surface area (Å²) in [5.41, 5.74) is 4.70. The van der Waals surface area contributed by atoms with E-state index in [1.165, 1.54) is 12.3 Å². The molecule has 2 aromatic heterocycles. The summed E-state index contributed by atoms with van der Waals surface area (Å²) in [6.07, 6.45) is -3.00. The highest BCUT2D eigenvalue weighted by molar-refractivity contribution is 14.0. The van der Waals surface area contributed by atoms with Crippen molar-refractivity contribution in [2.45, 2.75) is 33.1 Å². The van der Waals surface area contributed by atoms with Crippen molar-refractivity contribution in [1.82, 2.24) is 25.4 Å². The fraction of sp³-hybridized carbons (Fsp3) is 0.318. The number of hydrogen-bond acceptors (Lipinski definition) is 4. The van der Waals surface area contributed by atoms with Gasteiger partial charge >= 0.3 is 6.18 Å². The molecule has 0 aliphatic rings. The SMILES string of the molecule is CN=C(NCc1ccnc(OCC(F)(F)F)c1)NCc1ccccc1-n1nc(C)cc1C.I. The molecule has 0 amide bonds. The fourth-order valence-electron chi connectivity index (χ4n) is 3.12. The summed E-state index contributed by atoms with van der Waals surface area (Å²) in [7, 11) is 1.65. The molecule has 3 rings (SSSR count). The van der Waals surface area contributed by atoms with E-state index in [9.17, 15) is 13.2 Å². The van der Waals surface area contributed by atoms with Crippen LogP contribution in [0.3, 0.4) is 0 Å². The third-order valence-electron chi connectivity index (χ3n) is 4.54. The number of ether oxygens (including phenoxy) is 1. The van der Waals surface area contributed by atoms with Crippen LogP contribution in [0.25, 0.3) is 5.69 Å². The molecule has 0 spiro atoms. The first-order valence-electron chi connectivity index (χ1n) is 9.96. The largest absolute Gasteiger partial charge is 0.468 e. The number of alkyl halides is 3. The lowest BCUT2D eigenvalue weighted by molar-refractivity contribution is -0.154. The van der Waals surface area contributed by atoms with Crippen molar-refractivity contribution in [2.24, 2.45) is 4.99 Å². The Labute approximate surface area is 207 Å². The molecule has 0 unspecified atom stereocenters. The van der Waals surface area contributed by atoms with Gasteiger partial charge in [0.15, 0.2) is 12.6 Å². The van der Waals surface area contributed by atoms with Gasteiger partial charge in [0.05, 0.1) is 11.4 Å². The maximum absolute atomic E-state index is 12.3. The molecule has 11 heteroatoms. The number of aromatic nitrogens is 3. The number of aryl methyl sites for hydroxylation is 2. The average Bonchev–Trinajstić information content (AvgIpc) is 3.10. The third kappa shape index (κ3) is 7.91. The number of para-hydroxylation sites is 1. The molecule has 0 bridgehead atoms. The van der Waals surface area contributed by atoms with Gasteiger partial charge in [0.25, 0.3) is 0 Å². The molecule has 0 atom stereocenters. The molecule has 2 heterocycles. The Morgan fingerprint density at radius 2 is 1.82 bits per heavy atom. The van der Waals surface area contributed by atoms with E-state index in [-0.39, 0.29) is 29.9 Å².